The van der Waals surface area contributed by atoms with Crippen molar-refractivity contribution in [1.29, 1.82) is 0 Å². The molecule has 2 bridgehead atoms. The number of likely N-dealkylation sites (tertiary alicyclic amines) is 1. The van der Waals surface area contributed by atoms with E-state index in [2.05, 4.69) is 16.8 Å². The maximum absolute atomic E-state index is 11.3. The van der Waals surface area contributed by atoms with Crippen LogP contribution >= 0.6 is 0 Å². The summed E-state index contributed by atoms with van der Waals surface area (Å²) in [6.07, 6.45) is 3.34. The molecule has 1 N–H and O–H groups in total. The Morgan fingerprint density at radius 3 is 2.44 bits per heavy atom. The average Bonchev–Trinajstić information content (AvgIpc) is 2.30. The number of likely N-dealkylation sites (N-methyl/N-ethyl adjacent to an activating group) is 1. The minimum absolute atomic E-state index is 0.135. The Morgan fingerprint density at radius 1 is 1.12 bits per heavy atom. The fourth-order valence-electron chi connectivity index (χ4n) is 4.10. The first-order chi connectivity index (χ1) is 7.68. The second-order valence-corrected chi connectivity index (χ2v) is 5.57. The number of hydrogen-bond donors (Lipinski definition) is 1. The fourth-order valence-corrected chi connectivity index (χ4v) is 4.10. The highest BCUT2D eigenvalue weighted by molar-refractivity contribution is 5.71. The van der Waals surface area contributed by atoms with Crippen molar-refractivity contribution in [2.75, 3.05) is 26.7 Å². The number of fused-ring (bicyclic) bond motifs is 2. The topological polar surface area (TPSA) is 43.8 Å². The Bertz CT molecular complexity index is 299. The molecule has 0 spiro atoms. The number of carboxylic acids is 1. The number of nitrogens with zero attached hydrogens (tertiary/aromatic N) is 2. The monoisotopic (exact) mass is 224 g/mol. The van der Waals surface area contributed by atoms with Crippen LogP contribution in [0.15, 0.2) is 0 Å². The normalized spacial score (nSPS) is 47.7. The van der Waals surface area contributed by atoms with Crippen molar-refractivity contribution in [3.8, 4) is 0 Å². The zero-order chi connectivity index (χ0) is 11.3. The van der Waals surface area contributed by atoms with E-state index in [0.717, 1.165) is 32.0 Å². The molecule has 4 heteroatoms. The van der Waals surface area contributed by atoms with Crippen LogP contribution in [0.3, 0.4) is 0 Å². The van der Waals surface area contributed by atoms with Crippen molar-refractivity contribution < 1.29 is 9.90 Å². The first kappa shape index (κ1) is 10.5. The molecular weight excluding hydrogens is 204 g/mol. The zero-order valence-electron chi connectivity index (χ0n) is 9.80. The molecular formula is C12H20N2O2. The van der Waals surface area contributed by atoms with Crippen molar-refractivity contribution in [3.05, 3.63) is 0 Å². The summed E-state index contributed by atoms with van der Waals surface area (Å²) in [6, 6.07) is 0.779. The van der Waals surface area contributed by atoms with Gasteiger partial charge in [-0.25, -0.2) is 0 Å². The van der Waals surface area contributed by atoms with Crippen molar-refractivity contribution in [2.24, 2.45) is 11.8 Å². The molecule has 3 atom stereocenters. The Hall–Kier alpha value is -0.610. The molecule has 4 fully saturated rings. The van der Waals surface area contributed by atoms with Gasteiger partial charge in [0, 0.05) is 12.1 Å². The molecule has 0 aromatic rings. The molecule has 4 saturated heterocycles. The Labute approximate surface area is 96.2 Å². The lowest BCUT2D eigenvalue weighted by Crippen LogP contribution is -2.68. The first-order valence-corrected chi connectivity index (χ1v) is 6.35. The third-order valence-corrected chi connectivity index (χ3v) is 4.86. The Balaban J connectivity index is 1.91. The second-order valence-electron chi connectivity index (χ2n) is 5.57. The van der Waals surface area contributed by atoms with Gasteiger partial charge in [-0.1, -0.05) is 0 Å². The third-order valence-electron chi connectivity index (χ3n) is 4.86. The molecule has 0 aromatic heterocycles. The summed E-state index contributed by atoms with van der Waals surface area (Å²) in [6.45, 7) is 3.18. The van der Waals surface area contributed by atoms with Crippen molar-refractivity contribution >= 4 is 5.97 Å². The van der Waals surface area contributed by atoms with Gasteiger partial charge < -0.3 is 10.0 Å². The highest BCUT2D eigenvalue weighted by Gasteiger charge is 2.51. The Kier molecular flexibility index (Phi) is 2.44. The van der Waals surface area contributed by atoms with E-state index < -0.39 is 5.97 Å². The van der Waals surface area contributed by atoms with E-state index in [1.54, 1.807) is 0 Å². The third kappa shape index (κ3) is 1.39. The molecule has 4 rings (SSSR count). The molecule has 0 saturated carbocycles. The number of rotatable bonds is 1. The standard InChI is InChI=1S/C12H20N2O2/c1-13-5-4-9(12(15)16)11-10(13)8-2-6-14(11)7-3-8/h8-11H,2-7H2,1H3,(H,15,16). The van der Waals surface area contributed by atoms with Gasteiger partial charge in [-0.05, 0) is 51.9 Å². The molecule has 4 heterocycles. The summed E-state index contributed by atoms with van der Waals surface area (Å²) in [5.74, 6) is 0.0158. The lowest BCUT2D eigenvalue weighted by Gasteiger charge is -2.58. The van der Waals surface area contributed by atoms with E-state index in [-0.39, 0.29) is 12.0 Å². The van der Waals surface area contributed by atoms with Gasteiger partial charge in [-0.15, -0.1) is 0 Å². The molecule has 0 amide bonds. The quantitative estimate of drug-likeness (QED) is 0.704. The van der Waals surface area contributed by atoms with Crippen molar-refractivity contribution in [3.63, 3.8) is 0 Å². The summed E-state index contributed by atoms with van der Waals surface area (Å²) in [5, 5.41) is 9.35. The highest BCUT2D eigenvalue weighted by atomic mass is 16.4. The summed E-state index contributed by atoms with van der Waals surface area (Å²) in [4.78, 5) is 16.2. The summed E-state index contributed by atoms with van der Waals surface area (Å²) in [7, 11) is 2.16. The lowest BCUT2D eigenvalue weighted by molar-refractivity contribution is -0.155. The number of carbonyl (C=O) groups is 1. The fraction of sp³-hybridized carbons (Fsp3) is 0.917. The van der Waals surface area contributed by atoms with Crippen LogP contribution in [0.1, 0.15) is 19.3 Å². The predicted octanol–water partition coefficient (Wildman–Crippen LogP) is 0.485. The van der Waals surface area contributed by atoms with E-state index in [0.29, 0.717) is 6.04 Å². The largest absolute Gasteiger partial charge is 0.481 e. The van der Waals surface area contributed by atoms with Crippen LogP contribution in [0.4, 0.5) is 0 Å². The lowest BCUT2D eigenvalue weighted by atomic mass is 9.70. The molecule has 0 radical (unpaired) electrons. The summed E-state index contributed by atoms with van der Waals surface area (Å²) >= 11 is 0. The van der Waals surface area contributed by atoms with Gasteiger partial charge in [0.05, 0.1) is 5.92 Å². The molecule has 0 aromatic carbocycles. The zero-order valence-corrected chi connectivity index (χ0v) is 9.80. The molecule has 4 aliphatic rings. The van der Waals surface area contributed by atoms with Crippen LogP contribution in [0, 0.1) is 11.8 Å². The van der Waals surface area contributed by atoms with Gasteiger partial charge in [-0.2, -0.15) is 0 Å². The van der Waals surface area contributed by atoms with E-state index in [4.69, 9.17) is 0 Å². The first-order valence-electron chi connectivity index (χ1n) is 6.35. The molecule has 4 aliphatic heterocycles. The van der Waals surface area contributed by atoms with Gasteiger partial charge in [0.25, 0.3) is 0 Å². The molecule has 0 aliphatic carbocycles. The van der Waals surface area contributed by atoms with Crippen LogP contribution in [-0.2, 0) is 4.79 Å². The number of hydrogen-bond acceptors (Lipinski definition) is 3. The van der Waals surface area contributed by atoms with Gasteiger partial charge in [0.1, 0.15) is 0 Å². The maximum Gasteiger partial charge on any atom is 0.308 e. The molecule has 16 heavy (non-hydrogen) atoms. The SMILES string of the molecule is CN1CCC(C(=O)O)C2C1C1CCN2CC1. The second kappa shape index (κ2) is 3.70. The minimum Gasteiger partial charge on any atom is -0.481 e. The van der Waals surface area contributed by atoms with Crippen LogP contribution in [-0.4, -0.2) is 59.6 Å². The number of piperidine rings is 4. The van der Waals surface area contributed by atoms with Gasteiger partial charge in [0.2, 0.25) is 0 Å². The molecule has 4 nitrogen and oxygen atoms in total. The van der Waals surface area contributed by atoms with Crippen molar-refractivity contribution in [2.45, 2.75) is 31.3 Å². The number of aliphatic carboxylic acids is 1. The van der Waals surface area contributed by atoms with E-state index in [1.807, 2.05) is 0 Å². The van der Waals surface area contributed by atoms with Crippen molar-refractivity contribution in [1.82, 2.24) is 9.80 Å². The van der Waals surface area contributed by atoms with Gasteiger partial charge in [0.15, 0.2) is 0 Å². The number of carboxylic acid groups (broad SMARTS) is 1. The van der Waals surface area contributed by atoms with E-state index >= 15 is 0 Å². The minimum atomic E-state index is -0.587. The van der Waals surface area contributed by atoms with Gasteiger partial charge >= 0.3 is 5.97 Å². The molecule has 3 unspecified atom stereocenters. The molecule has 90 valence electrons. The smallest absolute Gasteiger partial charge is 0.308 e. The predicted molar refractivity (Wildman–Crippen MR) is 60.2 cm³/mol. The van der Waals surface area contributed by atoms with E-state index in [9.17, 15) is 9.90 Å². The van der Waals surface area contributed by atoms with Crippen LogP contribution in [0.2, 0.25) is 0 Å². The van der Waals surface area contributed by atoms with Crippen LogP contribution < -0.4 is 0 Å². The average molecular weight is 224 g/mol. The van der Waals surface area contributed by atoms with E-state index in [1.165, 1.54) is 12.8 Å². The van der Waals surface area contributed by atoms with Crippen LogP contribution in [0.5, 0.6) is 0 Å². The maximum atomic E-state index is 11.3. The highest BCUT2D eigenvalue weighted by Crippen LogP contribution is 2.41. The van der Waals surface area contributed by atoms with Crippen LogP contribution in [0.25, 0.3) is 0 Å². The summed E-state index contributed by atoms with van der Waals surface area (Å²) in [5.41, 5.74) is 0. The Morgan fingerprint density at radius 2 is 1.81 bits per heavy atom. The summed E-state index contributed by atoms with van der Waals surface area (Å²) < 4.78 is 0. The van der Waals surface area contributed by atoms with Gasteiger partial charge in [-0.3, -0.25) is 9.69 Å².